The van der Waals surface area contributed by atoms with Gasteiger partial charge in [0.2, 0.25) is 5.91 Å². The minimum Gasteiger partial charge on any atom is -0.354 e. The molecular formula is C24H24F2N4OS. The summed E-state index contributed by atoms with van der Waals surface area (Å²) in [5, 5.41) is 3.61. The smallest absolute Gasteiger partial charge is 0.225 e. The molecule has 1 N–H and O–H groups in total. The van der Waals surface area contributed by atoms with E-state index in [0.717, 1.165) is 41.2 Å². The fourth-order valence-corrected chi connectivity index (χ4v) is 4.64. The van der Waals surface area contributed by atoms with Gasteiger partial charge in [-0.05, 0) is 49.6 Å². The first-order valence-corrected chi connectivity index (χ1v) is 11.3. The van der Waals surface area contributed by atoms with E-state index in [0.29, 0.717) is 12.1 Å². The van der Waals surface area contributed by atoms with Gasteiger partial charge >= 0.3 is 0 Å². The molecule has 2 heterocycles. The highest BCUT2D eigenvalue weighted by Crippen LogP contribution is 2.34. The van der Waals surface area contributed by atoms with Gasteiger partial charge in [-0.2, -0.15) is 0 Å². The molecule has 32 heavy (non-hydrogen) atoms. The van der Waals surface area contributed by atoms with Crippen molar-refractivity contribution in [3.8, 4) is 0 Å². The van der Waals surface area contributed by atoms with Crippen molar-refractivity contribution >= 4 is 23.5 Å². The Hall–Kier alpha value is -3.00. The Morgan fingerprint density at radius 1 is 1.12 bits per heavy atom. The summed E-state index contributed by atoms with van der Waals surface area (Å²) in [6.07, 6.45) is 4.93. The van der Waals surface area contributed by atoms with Crippen molar-refractivity contribution in [1.82, 2.24) is 15.3 Å². The van der Waals surface area contributed by atoms with Crippen molar-refractivity contribution in [3.05, 3.63) is 77.6 Å². The number of carbonyl (C=O) groups excluding carboxylic acids is 1. The van der Waals surface area contributed by atoms with Crippen LogP contribution in [-0.4, -0.2) is 29.0 Å². The first-order valence-electron chi connectivity index (χ1n) is 10.5. The second-order valence-corrected chi connectivity index (χ2v) is 8.94. The molecular weight excluding hydrogens is 430 g/mol. The molecule has 1 amide bonds. The standard InChI is InChI=1S/C24H24F2N4OS/c1-16-4-6-21(7-5-16)32-24-22(27-8-9-28-24)30-10-2-3-18(15-30)23(31)29-14-17-11-19(25)13-20(26)12-17/h4-9,11-13,18H,2-3,10,14-15H2,1H3,(H,29,31). The van der Waals surface area contributed by atoms with Gasteiger partial charge in [-0.1, -0.05) is 29.5 Å². The number of carbonyl (C=O) groups is 1. The van der Waals surface area contributed by atoms with Crippen molar-refractivity contribution in [2.45, 2.75) is 36.2 Å². The van der Waals surface area contributed by atoms with Crippen molar-refractivity contribution in [1.29, 1.82) is 0 Å². The summed E-state index contributed by atoms with van der Waals surface area (Å²) in [5.41, 5.74) is 1.59. The van der Waals surface area contributed by atoms with Gasteiger partial charge in [-0.3, -0.25) is 4.79 Å². The number of nitrogens with one attached hydrogen (secondary N) is 1. The van der Waals surface area contributed by atoms with Crippen LogP contribution in [0.3, 0.4) is 0 Å². The van der Waals surface area contributed by atoms with Gasteiger partial charge in [0.25, 0.3) is 0 Å². The van der Waals surface area contributed by atoms with E-state index in [1.165, 1.54) is 17.7 Å². The number of halogens is 2. The lowest BCUT2D eigenvalue weighted by Crippen LogP contribution is -2.43. The average Bonchev–Trinajstić information content (AvgIpc) is 2.79. The Bertz CT molecular complexity index is 1070. The molecule has 166 valence electrons. The monoisotopic (exact) mass is 454 g/mol. The third kappa shape index (κ3) is 5.62. The Kier molecular flexibility index (Phi) is 6.99. The molecule has 0 spiro atoms. The molecule has 1 aliphatic heterocycles. The normalized spacial score (nSPS) is 16.1. The van der Waals surface area contributed by atoms with Crippen LogP contribution in [0.4, 0.5) is 14.6 Å². The summed E-state index contributed by atoms with van der Waals surface area (Å²) in [6, 6.07) is 11.5. The van der Waals surface area contributed by atoms with Crippen LogP contribution in [0.2, 0.25) is 0 Å². The second-order valence-electron chi connectivity index (χ2n) is 7.88. The lowest BCUT2D eigenvalue weighted by Gasteiger charge is -2.33. The summed E-state index contributed by atoms with van der Waals surface area (Å²) >= 11 is 1.55. The zero-order valence-corrected chi connectivity index (χ0v) is 18.5. The number of rotatable bonds is 6. The highest BCUT2D eigenvalue weighted by Gasteiger charge is 2.28. The van der Waals surface area contributed by atoms with Crippen LogP contribution in [0, 0.1) is 24.5 Å². The zero-order chi connectivity index (χ0) is 22.5. The van der Waals surface area contributed by atoms with Crippen LogP contribution in [0.25, 0.3) is 0 Å². The zero-order valence-electron chi connectivity index (χ0n) is 17.7. The first kappa shape index (κ1) is 22.2. The SMILES string of the molecule is Cc1ccc(Sc2nccnc2N2CCCC(C(=O)NCc3cc(F)cc(F)c3)C2)cc1. The Balaban J connectivity index is 1.42. The molecule has 2 aromatic carbocycles. The maximum Gasteiger partial charge on any atom is 0.225 e. The minimum atomic E-state index is -0.653. The number of amides is 1. The third-order valence-corrected chi connectivity index (χ3v) is 6.35. The average molecular weight is 455 g/mol. The van der Waals surface area contributed by atoms with Crippen LogP contribution >= 0.6 is 11.8 Å². The number of hydrogen-bond donors (Lipinski definition) is 1. The number of anilines is 1. The Morgan fingerprint density at radius 3 is 2.59 bits per heavy atom. The lowest BCUT2D eigenvalue weighted by molar-refractivity contribution is -0.125. The maximum absolute atomic E-state index is 13.4. The van der Waals surface area contributed by atoms with E-state index in [4.69, 9.17) is 0 Å². The molecule has 1 atom stereocenters. The molecule has 1 saturated heterocycles. The van der Waals surface area contributed by atoms with Gasteiger partial charge in [0.05, 0.1) is 5.92 Å². The predicted molar refractivity (Wildman–Crippen MR) is 120 cm³/mol. The Morgan fingerprint density at radius 2 is 1.84 bits per heavy atom. The Labute approximate surface area is 190 Å². The second kappa shape index (κ2) is 10.1. The van der Waals surface area contributed by atoms with Crippen LogP contribution in [-0.2, 0) is 11.3 Å². The molecule has 3 aromatic rings. The van der Waals surface area contributed by atoms with Crippen LogP contribution in [0.5, 0.6) is 0 Å². The van der Waals surface area contributed by atoms with Gasteiger partial charge < -0.3 is 10.2 Å². The molecule has 1 unspecified atom stereocenters. The minimum absolute atomic E-state index is 0.0870. The summed E-state index contributed by atoms with van der Waals surface area (Å²) in [5.74, 6) is -0.904. The molecule has 1 aliphatic rings. The quantitative estimate of drug-likeness (QED) is 0.583. The highest BCUT2D eigenvalue weighted by atomic mass is 32.2. The van der Waals surface area contributed by atoms with Gasteiger partial charge in [-0.15, -0.1) is 0 Å². The molecule has 0 saturated carbocycles. The summed E-state index contributed by atoms with van der Waals surface area (Å²) in [6.45, 7) is 3.44. The van der Waals surface area contributed by atoms with E-state index in [9.17, 15) is 13.6 Å². The number of nitrogens with zero attached hydrogens (tertiary/aromatic N) is 3. The van der Waals surface area contributed by atoms with E-state index < -0.39 is 11.6 Å². The molecule has 1 fully saturated rings. The van der Waals surface area contributed by atoms with Crippen molar-refractivity contribution in [2.75, 3.05) is 18.0 Å². The van der Waals surface area contributed by atoms with Gasteiger partial charge in [-0.25, -0.2) is 18.7 Å². The highest BCUT2D eigenvalue weighted by molar-refractivity contribution is 7.99. The molecule has 0 bridgehead atoms. The van der Waals surface area contributed by atoms with Crippen molar-refractivity contribution < 1.29 is 13.6 Å². The number of aromatic nitrogens is 2. The fourth-order valence-electron chi connectivity index (χ4n) is 3.75. The molecule has 4 rings (SSSR count). The molecule has 1 aromatic heterocycles. The van der Waals surface area contributed by atoms with Gasteiger partial charge in [0, 0.05) is 43.0 Å². The lowest BCUT2D eigenvalue weighted by atomic mass is 9.97. The van der Waals surface area contributed by atoms with Crippen LogP contribution < -0.4 is 10.2 Å². The summed E-state index contributed by atoms with van der Waals surface area (Å²) in [4.78, 5) is 25.0. The van der Waals surface area contributed by atoms with Crippen LogP contribution in [0.1, 0.15) is 24.0 Å². The number of hydrogen-bond acceptors (Lipinski definition) is 5. The van der Waals surface area contributed by atoms with Crippen molar-refractivity contribution in [2.24, 2.45) is 5.92 Å². The topological polar surface area (TPSA) is 58.1 Å². The van der Waals surface area contributed by atoms with Crippen LogP contribution in [0.15, 0.2) is 64.8 Å². The van der Waals surface area contributed by atoms with E-state index >= 15 is 0 Å². The maximum atomic E-state index is 13.4. The third-order valence-electron chi connectivity index (χ3n) is 5.36. The summed E-state index contributed by atoms with van der Waals surface area (Å²) < 4.78 is 26.8. The summed E-state index contributed by atoms with van der Waals surface area (Å²) in [7, 11) is 0. The number of piperidine rings is 1. The largest absolute Gasteiger partial charge is 0.354 e. The van der Waals surface area contributed by atoms with E-state index in [1.807, 2.05) is 6.92 Å². The van der Waals surface area contributed by atoms with Gasteiger partial charge in [0.15, 0.2) is 5.82 Å². The predicted octanol–water partition coefficient (Wildman–Crippen LogP) is 4.75. The number of benzene rings is 2. The number of aryl methyl sites for hydroxylation is 1. The van der Waals surface area contributed by atoms with E-state index in [2.05, 4.69) is 44.5 Å². The molecule has 0 radical (unpaired) electrons. The van der Waals surface area contributed by atoms with Crippen molar-refractivity contribution in [3.63, 3.8) is 0 Å². The fraction of sp³-hybridized carbons (Fsp3) is 0.292. The molecule has 5 nitrogen and oxygen atoms in total. The molecule has 8 heteroatoms. The first-order chi connectivity index (χ1) is 15.5. The molecule has 0 aliphatic carbocycles. The van der Waals surface area contributed by atoms with Gasteiger partial charge in [0.1, 0.15) is 16.7 Å². The van der Waals surface area contributed by atoms with E-state index in [-0.39, 0.29) is 18.4 Å². The van der Waals surface area contributed by atoms with E-state index in [1.54, 1.807) is 24.2 Å².